The number of amides is 1. The van der Waals surface area contributed by atoms with Gasteiger partial charge in [0.25, 0.3) is 0 Å². The molecule has 28 heavy (non-hydrogen) atoms. The second kappa shape index (κ2) is 8.08. The van der Waals surface area contributed by atoms with E-state index in [1.54, 1.807) is 0 Å². The Balaban J connectivity index is 1.35. The number of imidazole rings is 1. The van der Waals surface area contributed by atoms with Crippen LogP contribution in [0, 0.1) is 0 Å². The molecule has 142 valence electrons. The summed E-state index contributed by atoms with van der Waals surface area (Å²) < 4.78 is 3.85. The predicted octanol–water partition coefficient (Wildman–Crippen LogP) is 3.14. The summed E-state index contributed by atoms with van der Waals surface area (Å²) in [5.41, 5.74) is 4.04. The van der Waals surface area contributed by atoms with E-state index in [2.05, 4.69) is 22.3 Å². The van der Waals surface area contributed by atoms with Crippen molar-refractivity contribution in [1.29, 1.82) is 0 Å². The maximum absolute atomic E-state index is 12.5. The lowest BCUT2D eigenvalue weighted by Gasteiger charge is -2.09. The Morgan fingerprint density at radius 1 is 1.07 bits per heavy atom. The number of rotatable bonds is 7. The summed E-state index contributed by atoms with van der Waals surface area (Å²) in [6.45, 7) is 2.92. The minimum atomic E-state index is -0.00620. The average molecular weight is 373 g/mol. The second-order valence-corrected chi connectivity index (χ2v) is 6.69. The maximum Gasteiger partial charge on any atom is 0.240 e. The van der Waals surface area contributed by atoms with Crippen LogP contribution in [-0.4, -0.2) is 31.8 Å². The molecule has 2 aromatic carbocycles. The molecule has 0 radical (unpaired) electrons. The monoisotopic (exact) mass is 373 g/mol. The van der Waals surface area contributed by atoms with Crippen LogP contribution >= 0.6 is 0 Å². The first-order valence-corrected chi connectivity index (χ1v) is 9.54. The van der Waals surface area contributed by atoms with Crippen LogP contribution in [0.3, 0.4) is 0 Å². The lowest BCUT2D eigenvalue weighted by molar-refractivity contribution is -0.121. The third-order valence-corrected chi connectivity index (χ3v) is 4.74. The standard InChI is InChI=1S/C22H23N5O/c1-2-21-25-19-10-6-7-11-20(19)26(21)16-22(28)23-13-12-17-14-24-27(15-17)18-8-4-3-5-9-18/h3-11,14-15H,2,12-13,16H2,1H3,(H,23,28). The molecule has 0 fully saturated rings. The number of benzene rings is 2. The van der Waals surface area contributed by atoms with Gasteiger partial charge in [-0.15, -0.1) is 0 Å². The maximum atomic E-state index is 12.5. The Hall–Kier alpha value is -3.41. The third-order valence-electron chi connectivity index (χ3n) is 4.74. The molecule has 0 saturated carbocycles. The van der Waals surface area contributed by atoms with Crippen molar-refractivity contribution in [1.82, 2.24) is 24.6 Å². The Morgan fingerprint density at radius 3 is 2.68 bits per heavy atom. The Kier molecular flexibility index (Phi) is 5.19. The van der Waals surface area contributed by atoms with Gasteiger partial charge in [0.15, 0.2) is 0 Å². The number of carbonyl (C=O) groups is 1. The van der Waals surface area contributed by atoms with Gasteiger partial charge in [-0.3, -0.25) is 4.79 Å². The molecule has 2 aromatic heterocycles. The molecule has 0 aliphatic heterocycles. The number of hydrogen-bond donors (Lipinski definition) is 1. The number of para-hydroxylation sites is 3. The van der Waals surface area contributed by atoms with Gasteiger partial charge in [0, 0.05) is 19.2 Å². The zero-order valence-electron chi connectivity index (χ0n) is 15.9. The summed E-state index contributed by atoms with van der Waals surface area (Å²) in [6.07, 6.45) is 5.38. The van der Waals surface area contributed by atoms with Crippen molar-refractivity contribution in [2.75, 3.05) is 6.54 Å². The lowest BCUT2D eigenvalue weighted by Crippen LogP contribution is -2.29. The van der Waals surface area contributed by atoms with Crippen molar-refractivity contribution in [3.63, 3.8) is 0 Å². The van der Waals surface area contributed by atoms with E-state index >= 15 is 0 Å². The number of hydrogen-bond acceptors (Lipinski definition) is 3. The molecule has 0 saturated heterocycles. The normalized spacial score (nSPS) is 11.0. The predicted molar refractivity (Wildman–Crippen MR) is 109 cm³/mol. The molecule has 0 spiro atoms. The van der Waals surface area contributed by atoms with E-state index in [1.165, 1.54) is 0 Å². The van der Waals surface area contributed by atoms with Crippen LogP contribution < -0.4 is 5.32 Å². The molecule has 4 rings (SSSR count). The molecule has 4 aromatic rings. The van der Waals surface area contributed by atoms with Crippen LogP contribution in [-0.2, 0) is 24.2 Å². The van der Waals surface area contributed by atoms with Gasteiger partial charge in [0.2, 0.25) is 5.91 Å². The van der Waals surface area contributed by atoms with Crippen molar-refractivity contribution in [2.24, 2.45) is 0 Å². The van der Waals surface area contributed by atoms with Gasteiger partial charge in [-0.05, 0) is 36.2 Å². The Morgan fingerprint density at radius 2 is 1.86 bits per heavy atom. The minimum absolute atomic E-state index is 0.00620. The number of fused-ring (bicyclic) bond motifs is 1. The van der Waals surface area contributed by atoms with Gasteiger partial charge in [0.1, 0.15) is 12.4 Å². The molecular weight excluding hydrogens is 350 g/mol. The lowest BCUT2D eigenvalue weighted by atomic mass is 10.2. The van der Waals surface area contributed by atoms with E-state index in [-0.39, 0.29) is 12.5 Å². The highest BCUT2D eigenvalue weighted by Gasteiger charge is 2.12. The fourth-order valence-corrected chi connectivity index (χ4v) is 3.33. The van der Waals surface area contributed by atoms with Crippen LogP contribution in [0.1, 0.15) is 18.3 Å². The second-order valence-electron chi connectivity index (χ2n) is 6.69. The number of carbonyl (C=O) groups excluding carboxylic acids is 1. The van der Waals surface area contributed by atoms with Gasteiger partial charge in [0.05, 0.1) is 22.9 Å². The third kappa shape index (κ3) is 3.81. The van der Waals surface area contributed by atoms with E-state index in [0.29, 0.717) is 6.54 Å². The molecule has 0 unspecified atom stereocenters. The van der Waals surface area contributed by atoms with E-state index in [9.17, 15) is 4.79 Å². The number of aromatic nitrogens is 4. The summed E-state index contributed by atoms with van der Waals surface area (Å²) >= 11 is 0. The highest BCUT2D eigenvalue weighted by molar-refractivity contribution is 5.81. The van der Waals surface area contributed by atoms with Crippen molar-refractivity contribution in [3.05, 3.63) is 78.4 Å². The van der Waals surface area contributed by atoms with E-state index < -0.39 is 0 Å². The molecule has 2 heterocycles. The molecule has 6 heteroatoms. The molecular formula is C22H23N5O. The summed E-state index contributed by atoms with van der Waals surface area (Å²) in [5.74, 6) is 0.925. The Labute approximate surface area is 163 Å². The van der Waals surface area contributed by atoms with Gasteiger partial charge in [-0.1, -0.05) is 37.3 Å². The van der Waals surface area contributed by atoms with Crippen molar-refractivity contribution in [3.8, 4) is 5.69 Å². The fourth-order valence-electron chi connectivity index (χ4n) is 3.33. The van der Waals surface area contributed by atoms with Crippen LogP contribution in [0.15, 0.2) is 67.0 Å². The SMILES string of the molecule is CCc1nc2ccccc2n1CC(=O)NCCc1cnn(-c2ccccc2)c1. The summed E-state index contributed by atoms with van der Waals surface area (Å²) in [6, 6.07) is 17.9. The molecule has 6 nitrogen and oxygen atoms in total. The summed E-state index contributed by atoms with van der Waals surface area (Å²) in [5, 5.41) is 7.40. The van der Waals surface area contributed by atoms with Crippen molar-refractivity contribution < 1.29 is 4.79 Å². The van der Waals surface area contributed by atoms with E-state index in [4.69, 9.17) is 0 Å². The number of aryl methyl sites for hydroxylation is 1. The molecule has 0 atom stereocenters. The topological polar surface area (TPSA) is 64.7 Å². The molecule has 1 N–H and O–H groups in total. The highest BCUT2D eigenvalue weighted by atomic mass is 16.1. The quantitative estimate of drug-likeness (QED) is 0.541. The van der Waals surface area contributed by atoms with Crippen LogP contribution in [0.25, 0.3) is 16.7 Å². The zero-order chi connectivity index (χ0) is 19.3. The van der Waals surface area contributed by atoms with E-state index in [0.717, 1.165) is 41.0 Å². The molecule has 1 amide bonds. The number of nitrogens with one attached hydrogen (secondary N) is 1. The first-order chi connectivity index (χ1) is 13.7. The molecule has 0 bridgehead atoms. The minimum Gasteiger partial charge on any atom is -0.354 e. The average Bonchev–Trinajstić information content (AvgIpc) is 3.34. The van der Waals surface area contributed by atoms with Crippen LogP contribution in [0.4, 0.5) is 0 Å². The largest absolute Gasteiger partial charge is 0.354 e. The highest BCUT2D eigenvalue weighted by Crippen LogP contribution is 2.16. The van der Waals surface area contributed by atoms with Crippen molar-refractivity contribution >= 4 is 16.9 Å². The molecule has 0 aliphatic carbocycles. The van der Waals surface area contributed by atoms with Gasteiger partial charge < -0.3 is 9.88 Å². The van der Waals surface area contributed by atoms with Gasteiger partial charge >= 0.3 is 0 Å². The van der Waals surface area contributed by atoms with Gasteiger partial charge in [-0.25, -0.2) is 9.67 Å². The van der Waals surface area contributed by atoms with Gasteiger partial charge in [-0.2, -0.15) is 5.10 Å². The summed E-state index contributed by atoms with van der Waals surface area (Å²) in [4.78, 5) is 17.1. The van der Waals surface area contributed by atoms with Crippen LogP contribution in [0.2, 0.25) is 0 Å². The first kappa shape index (κ1) is 18.0. The van der Waals surface area contributed by atoms with Crippen LogP contribution in [0.5, 0.6) is 0 Å². The molecule has 0 aliphatic rings. The van der Waals surface area contributed by atoms with E-state index in [1.807, 2.05) is 76.2 Å². The summed E-state index contributed by atoms with van der Waals surface area (Å²) in [7, 11) is 0. The van der Waals surface area contributed by atoms with Crippen molar-refractivity contribution in [2.45, 2.75) is 26.3 Å². The fraction of sp³-hybridized carbons (Fsp3) is 0.227. The smallest absolute Gasteiger partial charge is 0.240 e. The zero-order valence-corrected chi connectivity index (χ0v) is 15.9. The Bertz CT molecular complexity index is 1080. The first-order valence-electron chi connectivity index (χ1n) is 9.54. The number of nitrogens with zero attached hydrogens (tertiary/aromatic N) is 4.